The molecule has 8 rings (SSSR count). The van der Waals surface area contributed by atoms with Crippen molar-refractivity contribution in [1.82, 2.24) is 9.97 Å². The molecule has 0 aliphatic rings. The number of nitrogens with zero attached hydrogens (tertiary/aromatic N) is 2. The molecule has 0 saturated carbocycles. The monoisotopic (exact) mass is 612 g/mol. The van der Waals surface area contributed by atoms with Crippen molar-refractivity contribution < 1.29 is 0 Å². The number of benzene rings is 6. The van der Waals surface area contributed by atoms with Gasteiger partial charge in [-0.25, -0.2) is 0 Å². The molecule has 0 amide bonds. The second-order valence-corrected chi connectivity index (χ2v) is 12.0. The van der Waals surface area contributed by atoms with E-state index >= 15 is 0 Å². The van der Waals surface area contributed by atoms with Crippen LogP contribution in [0.5, 0.6) is 0 Å². The minimum Gasteiger partial charge on any atom is -0.265 e. The third kappa shape index (κ3) is 6.20. The van der Waals surface area contributed by atoms with E-state index in [1.165, 1.54) is 50.1 Å². The molecule has 0 N–H and O–H groups in total. The molecule has 0 unspecified atom stereocenters. The van der Waals surface area contributed by atoms with E-state index in [0.29, 0.717) is 0 Å². The number of rotatable bonds is 7. The van der Waals surface area contributed by atoms with Crippen LogP contribution < -0.4 is 0 Å². The molecule has 0 spiro atoms. The lowest BCUT2D eigenvalue weighted by Gasteiger charge is -2.13. The Morgan fingerprint density at radius 1 is 0.208 bits per heavy atom. The van der Waals surface area contributed by atoms with Crippen LogP contribution in [0.15, 0.2) is 195 Å². The lowest BCUT2D eigenvalue weighted by Crippen LogP contribution is -1.88. The summed E-state index contributed by atoms with van der Waals surface area (Å²) in [6, 6.07) is 60.9. The van der Waals surface area contributed by atoms with E-state index < -0.39 is 0 Å². The van der Waals surface area contributed by atoms with Crippen LogP contribution in [-0.2, 0) is 0 Å². The minimum atomic E-state index is 1.09. The van der Waals surface area contributed by atoms with E-state index in [-0.39, 0.29) is 0 Å². The minimum absolute atomic E-state index is 1.09. The molecule has 0 saturated heterocycles. The summed E-state index contributed by atoms with van der Waals surface area (Å²) < 4.78 is 0. The standard InChI is InChI=1S/C46H32N2/c1-2-9-33(10-3-1)35-11-4-12-36(25-35)37-13-5-14-38(26-37)39-15-6-16-40(27-39)41-17-7-18-42(28-41)45-29-44(34-20-23-47-24-21-34)30-46(31-45)43-19-8-22-48-32-43/h1-32H. The van der Waals surface area contributed by atoms with E-state index in [9.17, 15) is 0 Å². The highest BCUT2D eigenvalue weighted by Gasteiger charge is 2.10. The van der Waals surface area contributed by atoms with E-state index in [2.05, 4.69) is 174 Å². The van der Waals surface area contributed by atoms with Gasteiger partial charge >= 0.3 is 0 Å². The van der Waals surface area contributed by atoms with Gasteiger partial charge in [-0.2, -0.15) is 0 Å². The summed E-state index contributed by atoms with van der Waals surface area (Å²) in [5, 5.41) is 0. The third-order valence-electron chi connectivity index (χ3n) is 8.83. The zero-order chi connectivity index (χ0) is 32.1. The topological polar surface area (TPSA) is 25.8 Å². The van der Waals surface area contributed by atoms with Crippen LogP contribution in [0.2, 0.25) is 0 Å². The molecule has 48 heavy (non-hydrogen) atoms. The highest BCUT2D eigenvalue weighted by atomic mass is 14.6. The van der Waals surface area contributed by atoms with Crippen molar-refractivity contribution in [3.63, 3.8) is 0 Å². The van der Waals surface area contributed by atoms with Gasteiger partial charge in [0.15, 0.2) is 0 Å². The van der Waals surface area contributed by atoms with E-state index in [4.69, 9.17) is 0 Å². The van der Waals surface area contributed by atoms with Crippen molar-refractivity contribution in [2.45, 2.75) is 0 Å². The van der Waals surface area contributed by atoms with Gasteiger partial charge in [0.25, 0.3) is 0 Å². The largest absolute Gasteiger partial charge is 0.265 e. The smallest absolute Gasteiger partial charge is 0.0346 e. The highest BCUT2D eigenvalue weighted by molar-refractivity contribution is 5.84. The lowest BCUT2D eigenvalue weighted by atomic mass is 9.92. The van der Waals surface area contributed by atoms with Crippen LogP contribution >= 0.6 is 0 Å². The summed E-state index contributed by atoms with van der Waals surface area (Å²) in [7, 11) is 0. The maximum Gasteiger partial charge on any atom is 0.0346 e. The molecule has 8 aromatic rings. The quantitative estimate of drug-likeness (QED) is 0.179. The zero-order valence-electron chi connectivity index (χ0n) is 26.4. The van der Waals surface area contributed by atoms with Crippen molar-refractivity contribution in [3.05, 3.63) is 195 Å². The van der Waals surface area contributed by atoms with Gasteiger partial charge in [-0.1, -0.05) is 109 Å². The van der Waals surface area contributed by atoms with Crippen LogP contribution in [-0.4, -0.2) is 9.97 Å². The second-order valence-electron chi connectivity index (χ2n) is 12.0. The Balaban J connectivity index is 1.14. The molecule has 0 atom stereocenters. The van der Waals surface area contributed by atoms with Gasteiger partial charge in [-0.3, -0.25) is 9.97 Å². The molecule has 0 radical (unpaired) electrons. The fraction of sp³-hybridized carbons (Fsp3) is 0. The maximum absolute atomic E-state index is 4.38. The number of hydrogen-bond acceptors (Lipinski definition) is 2. The van der Waals surface area contributed by atoms with Crippen LogP contribution in [0, 0.1) is 0 Å². The van der Waals surface area contributed by atoms with Crippen LogP contribution in [0.1, 0.15) is 0 Å². The van der Waals surface area contributed by atoms with Gasteiger partial charge in [-0.15, -0.1) is 0 Å². The summed E-state index contributed by atoms with van der Waals surface area (Å²) >= 11 is 0. The number of aromatic nitrogens is 2. The molecule has 2 aromatic heterocycles. The van der Waals surface area contributed by atoms with Crippen molar-refractivity contribution in [1.29, 1.82) is 0 Å². The molecular formula is C46H32N2. The lowest BCUT2D eigenvalue weighted by molar-refractivity contribution is 1.32. The SMILES string of the molecule is c1ccc(-c2cccc(-c3cccc(-c4cccc(-c5cccc(-c6cc(-c7ccncc7)cc(-c7cccnc7)c6)c5)c4)c3)c2)cc1. The van der Waals surface area contributed by atoms with Crippen molar-refractivity contribution in [2.24, 2.45) is 0 Å². The Hall–Kier alpha value is -6.38. The van der Waals surface area contributed by atoms with Crippen LogP contribution in [0.4, 0.5) is 0 Å². The van der Waals surface area contributed by atoms with Gasteiger partial charge < -0.3 is 0 Å². The second kappa shape index (κ2) is 13.2. The molecule has 0 fully saturated rings. The van der Waals surface area contributed by atoms with Gasteiger partial charge in [0, 0.05) is 30.4 Å². The third-order valence-corrected chi connectivity index (χ3v) is 8.83. The predicted octanol–water partition coefficient (Wildman–Crippen LogP) is 12.1. The van der Waals surface area contributed by atoms with E-state index in [1.54, 1.807) is 0 Å². The summed E-state index contributed by atoms with van der Waals surface area (Å²) in [5.41, 5.74) is 16.4. The maximum atomic E-state index is 4.38. The molecule has 6 aromatic carbocycles. The van der Waals surface area contributed by atoms with Crippen LogP contribution in [0.3, 0.4) is 0 Å². The Morgan fingerprint density at radius 3 is 1.00 bits per heavy atom. The average molecular weight is 613 g/mol. The summed E-state index contributed by atoms with van der Waals surface area (Å²) in [6.45, 7) is 0. The zero-order valence-corrected chi connectivity index (χ0v) is 26.4. The Bertz CT molecular complexity index is 2270. The highest BCUT2D eigenvalue weighted by Crippen LogP contribution is 2.36. The molecule has 2 heteroatoms. The first-order valence-corrected chi connectivity index (χ1v) is 16.2. The molecule has 2 nitrogen and oxygen atoms in total. The van der Waals surface area contributed by atoms with Gasteiger partial charge in [-0.05, 0) is 133 Å². The summed E-state index contributed by atoms with van der Waals surface area (Å²) in [6.07, 6.45) is 7.43. The van der Waals surface area contributed by atoms with E-state index in [0.717, 1.165) is 27.8 Å². The number of hydrogen-bond donors (Lipinski definition) is 0. The Labute approximate surface area is 281 Å². The molecule has 0 aliphatic carbocycles. The normalized spacial score (nSPS) is 10.9. The van der Waals surface area contributed by atoms with Gasteiger partial charge in [0.2, 0.25) is 0 Å². The van der Waals surface area contributed by atoms with Crippen molar-refractivity contribution in [2.75, 3.05) is 0 Å². The predicted molar refractivity (Wildman–Crippen MR) is 200 cm³/mol. The van der Waals surface area contributed by atoms with Gasteiger partial charge in [0.1, 0.15) is 0 Å². The first kappa shape index (κ1) is 29.1. The Kier molecular flexibility index (Phi) is 7.96. The first-order valence-electron chi connectivity index (χ1n) is 16.2. The summed E-state index contributed by atoms with van der Waals surface area (Å²) in [4.78, 5) is 8.61. The fourth-order valence-electron chi connectivity index (χ4n) is 6.35. The fourth-order valence-corrected chi connectivity index (χ4v) is 6.35. The van der Waals surface area contributed by atoms with Crippen LogP contribution in [0.25, 0.3) is 77.9 Å². The first-order chi connectivity index (χ1) is 23.8. The average Bonchev–Trinajstić information content (AvgIpc) is 3.19. The van der Waals surface area contributed by atoms with Crippen molar-refractivity contribution >= 4 is 0 Å². The molecule has 226 valence electrons. The van der Waals surface area contributed by atoms with Gasteiger partial charge in [0.05, 0.1) is 0 Å². The molecule has 0 aliphatic heterocycles. The Morgan fingerprint density at radius 2 is 0.542 bits per heavy atom. The van der Waals surface area contributed by atoms with Crippen molar-refractivity contribution in [3.8, 4) is 77.9 Å². The van der Waals surface area contributed by atoms with E-state index in [1.807, 2.05) is 30.9 Å². The molecule has 0 bridgehead atoms. The summed E-state index contributed by atoms with van der Waals surface area (Å²) in [5.74, 6) is 0. The molecule has 2 heterocycles. The number of pyridine rings is 2. The molecular weight excluding hydrogens is 581 g/mol.